The standard InChI is InChI=1S/C14H10N2O3S/c17-13-11-4-2-1-3-9(11)7-15-16(13)8-10-5-6-12(20-10)14(18)19/h1-7H,8H2,(H,18,19). The largest absolute Gasteiger partial charge is 0.477 e. The van der Waals surface area contributed by atoms with Gasteiger partial charge in [0.05, 0.1) is 18.1 Å². The molecule has 0 aliphatic rings. The molecule has 20 heavy (non-hydrogen) atoms. The predicted octanol–water partition coefficient (Wildman–Crippen LogP) is 2.20. The van der Waals surface area contributed by atoms with Crippen molar-refractivity contribution in [1.82, 2.24) is 9.78 Å². The smallest absolute Gasteiger partial charge is 0.345 e. The number of aromatic nitrogens is 2. The summed E-state index contributed by atoms with van der Waals surface area (Å²) >= 11 is 1.15. The Balaban J connectivity index is 2.00. The topological polar surface area (TPSA) is 72.2 Å². The number of fused-ring (bicyclic) bond motifs is 1. The first-order valence-corrected chi connectivity index (χ1v) is 6.73. The highest BCUT2D eigenvalue weighted by Gasteiger charge is 2.09. The average Bonchev–Trinajstić information content (AvgIpc) is 2.91. The highest BCUT2D eigenvalue weighted by atomic mass is 32.1. The molecule has 0 amide bonds. The number of hydrogen-bond acceptors (Lipinski definition) is 4. The first kappa shape index (κ1) is 12.6. The summed E-state index contributed by atoms with van der Waals surface area (Å²) in [6.07, 6.45) is 1.64. The monoisotopic (exact) mass is 286 g/mol. The van der Waals surface area contributed by atoms with Crippen LogP contribution in [0, 0.1) is 0 Å². The van der Waals surface area contributed by atoms with E-state index in [0.29, 0.717) is 5.39 Å². The fourth-order valence-electron chi connectivity index (χ4n) is 1.97. The molecule has 0 spiro atoms. The van der Waals surface area contributed by atoms with Crippen molar-refractivity contribution in [3.63, 3.8) is 0 Å². The molecule has 0 saturated heterocycles. The minimum atomic E-state index is -0.958. The van der Waals surface area contributed by atoms with Crippen LogP contribution in [0.2, 0.25) is 0 Å². The Hall–Kier alpha value is -2.47. The Morgan fingerprint density at radius 3 is 2.80 bits per heavy atom. The molecule has 5 nitrogen and oxygen atoms in total. The van der Waals surface area contributed by atoms with Crippen LogP contribution in [0.5, 0.6) is 0 Å². The summed E-state index contributed by atoms with van der Waals surface area (Å²) in [4.78, 5) is 24.1. The summed E-state index contributed by atoms with van der Waals surface area (Å²) in [6.45, 7) is 0.279. The Labute approximate surface area is 117 Å². The lowest BCUT2D eigenvalue weighted by Gasteiger charge is -2.04. The van der Waals surface area contributed by atoms with E-state index in [4.69, 9.17) is 5.11 Å². The molecule has 0 saturated carbocycles. The highest BCUT2D eigenvalue weighted by Crippen LogP contribution is 2.17. The average molecular weight is 286 g/mol. The molecule has 1 N–H and O–H groups in total. The highest BCUT2D eigenvalue weighted by molar-refractivity contribution is 7.13. The maximum absolute atomic E-state index is 12.3. The second-order valence-electron chi connectivity index (χ2n) is 4.27. The van der Waals surface area contributed by atoms with Gasteiger partial charge >= 0.3 is 5.97 Å². The Morgan fingerprint density at radius 2 is 2.05 bits per heavy atom. The molecule has 0 aliphatic heterocycles. The third kappa shape index (κ3) is 2.21. The van der Waals surface area contributed by atoms with E-state index < -0.39 is 5.97 Å². The van der Waals surface area contributed by atoms with Gasteiger partial charge in [-0.3, -0.25) is 4.79 Å². The third-order valence-electron chi connectivity index (χ3n) is 2.94. The Morgan fingerprint density at radius 1 is 1.25 bits per heavy atom. The normalized spacial score (nSPS) is 10.8. The molecule has 0 aliphatic carbocycles. The number of carboxylic acid groups (broad SMARTS) is 1. The molecule has 2 heterocycles. The molecule has 0 fully saturated rings. The van der Waals surface area contributed by atoms with Crippen LogP contribution in [0.4, 0.5) is 0 Å². The molecule has 0 radical (unpaired) electrons. The lowest BCUT2D eigenvalue weighted by Crippen LogP contribution is -2.22. The van der Waals surface area contributed by atoms with Crippen molar-refractivity contribution in [1.29, 1.82) is 0 Å². The fraction of sp³-hybridized carbons (Fsp3) is 0.0714. The van der Waals surface area contributed by atoms with Gasteiger partial charge in [0.1, 0.15) is 4.88 Å². The zero-order chi connectivity index (χ0) is 14.1. The molecular weight excluding hydrogens is 276 g/mol. The van der Waals surface area contributed by atoms with Gasteiger partial charge < -0.3 is 5.11 Å². The first-order chi connectivity index (χ1) is 9.65. The van der Waals surface area contributed by atoms with Gasteiger partial charge in [0.25, 0.3) is 5.56 Å². The van der Waals surface area contributed by atoms with Crippen molar-refractivity contribution in [3.8, 4) is 0 Å². The minimum Gasteiger partial charge on any atom is -0.477 e. The molecule has 1 aromatic carbocycles. The number of benzene rings is 1. The minimum absolute atomic E-state index is 0.173. The van der Waals surface area contributed by atoms with Gasteiger partial charge in [-0.1, -0.05) is 18.2 Å². The summed E-state index contributed by atoms with van der Waals surface area (Å²) in [7, 11) is 0. The molecule has 100 valence electrons. The Kier molecular flexibility index (Phi) is 3.08. The van der Waals surface area contributed by atoms with Gasteiger partial charge in [-0.15, -0.1) is 11.3 Å². The molecule has 6 heteroatoms. The molecule has 2 aromatic heterocycles. The molecule has 0 unspecified atom stereocenters. The van der Waals surface area contributed by atoms with Crippen LogP contribution in [-0.4, -0.2) is 20.9 Å². The third-order valence-corrected chi connectivity index (χ3v) is 4.00. The van der Waals surface area contributed by atoms with E-state index in [2.05, 4.69) is 5.10 Å². The summed E-state index contributed by atoms with van der Waals surface area (Å²) in [5.74, 6) is -0.958. The van der Waals surface area contributed by atoms with Crippen molar-refractivity contribution in [3.05, 3.63) is 62.7 Å². The maximum atomic E-state index is 12.3. The zero-order valence-corrected chi connectivity index (χ0v) is 11.1. The van der Waals surface area contributed by atoms with Crippen LogP contribution in [0.25, 0.3) is 10.8 Å². The zero-order valence-electron chi connectivity index (χ0n) is 10.3. The summed E-state index contributed by atoms with van der Waals surface area (Å²) in [5, 5.41) is 14.4. The fourth-order valence-corrected chi connectivity index (χ4v) is 2.79. The van der Waals surface area contributed by atoms with Crippen molar-refractivity contribution in [2.75, 3.05) is 0 Å². The van der Waals surface area contributed by atoms with Gasteiger partial charge in [-0.25, -0.2) is 9.48 Å². The van der Waals surface area contributed by atoms with Gasteiger partial charge in [0.15, 0.2) is 0 Å². The van der Waals surface area contributed by atoms with E-state index >= 15 is 0 Å². The van der Waals surface area contributed by atoms with Gasteiger partial charge in [0.2, 0.25) is 0 Å². The SMILES string of the molecule is O=C(O)c1ccc(Cn2ncc3ccccc3c2=O)s1. The number of rotatable bonds is 3. The second-order valence-corrected chi connectivity index (χ2v) is 5.43. The summed E-state index contributed by atoms with van der Waals surface area (Å²) < 4.78 is 1.35. The van der Waals surface area contributed by atoms with E-state index in [1.54, 1.807) is 18.3 Å². The number of nitrogens with zero attached hydrogens (tertiary/aromatic N) is 2. The molecular formula is C14H10N2O3S. The lowest BCUT2D eigenvalue weighted by atomic mass is 10.2. The molecule has 0 bridgehead atoms. The summed E-state index contributed by atoms with van der Waals surface area (Å²) in [5.41, 5.74) is -0.173. The molecule has 3 aromatic rings. The van der Waals surface area contributed by atoms with Crippen LogP contribution in [-0.2, 0) is 6.54 Å². The van der Waals surface area contributed by atoms with Gasteiger partial charge in [-0.2, -0.15) is 5.10 Å². The number of hydrogen-bond donors (Lipinski definition) is 1. The van der Waals surface area contributed by atoms with Crippen LogP contribution in [0.1, 0.15) is 14.5 Å². The Bertz CT molecular complexity index is 851. The number of carboxylic acids is 1. The predicted molar refractivity (Wildman–Crippen MR) is 76.4 cm³/mol. The summed E-state index contributed by atoms with van der Waals surface area (Å²) in [6, 6.07) is 10.5. The van der Waals surface area contributed by atoms with E-state index in [9.17, 15) is 9.59 Å². The van der Waals surface area contributed by atoms with E-state index in [0.717, 1.165) is 21.6 Å². The van der Waals surface area contributed by atoms with E-state index in [1.165, 1.54) is 10.7 Å². The first-order valence-electron chi connectivity index (χ1n) is 5.92. The van der Waals surface area contributed by atoms with Crippen LogP contribution < -0.4 is 5.56 Å². The van der Waals surface area contributed by atoms with E-state index in [1.807, 2.05) is 18.2 Å². The van der Waals surface area contributed by atoms with Crippen molar-refractivity contribution < 1.29 is 9.90 Å². The molecule has 3 rings (SSSR count). The molecule has 0 atom stereocenters. The van der Waals surface area contributed by atoms with Gasteiger partial charge in [-0.05, 0) is 18.2 Å². The van der Waals surface area contributed by atoms with Crippen LogP contribution in [0.3, 0.4) is 0 Å². The number of thiophene rings is 1. The van der Waals surface area contributed by atoms with Gasteiger partial charge in [0, 0.05) is 10.3 Å². The van der Waals surface area contributed by atoms with Crippen molar-refractivity contribution in [2.24, 2.45) is 0 Å². The second kappa shape index (κ2) is 4.90. The quantitative estimate of drug-likeness (QED) is 0.801. The number of carbonyl (C=O) groups is 1. The van der Waals surface area contributed by atoms with Crippen molar-refractivity contribution in [2.45, 2.75) is 6.54 Å². The van der Waals surface area contributed by atoms with E-state index in [-0.39, 0.29) is 17.0 Å². The van der Waals surface area contributed by atoms with Crippen LogP contribution in [0.15, 0.2) is 47.4 Å². The van der Waals surface area contributed by atoms with Crippen LogP contribution >= 0.6 is 11.3 Å². The number of aromatic carboxylic acids is 1. The lowest BCUT2D eigenvalue weighted by molar-refractivity contribution is 0.0702. The van der Waals surface area contributed by atoms with Crippen molar-refractivity contribution >= 4 is 28.1 Å². The maximum Gasteiger partial charge on any atom is 0.345 e.